The number of rotatable bonds is 0. The normalized spacial score (nSPS) is 3.38. The summed E-state index contributed by atoms with van der Waals surface area (Å²) in [5, 5.41) is 21.5. The maximum atomic E-state index is 7.17. The van der Waals surface area contributed by atoms with Crippen molar-refractivity contribution in [2.45, 2.75) is 0 Å². The third-order valence-electron chi connectivity index (χ3n) is 0. The van der Waals surface area contributed by atoms with Crippen molar-refractivity contribution in [1.29, 1.82) is 0 Å². The van der Waals surface area contributed by atoms with E-state index in [0.29, 0.717) is 0 Å². The van der Waals surface area contributed by atoms with E-state index in [9.17, 15) is 0 Å². The van der Waals surface area contributed by atoms with Gasteiger partial charge in [0, 0.05) is 0 Å². The molecule has 0 bridgehead atoms. The molecule has 0 saturated heterocycles. The van der Waals surface area contributed by atoms with E-state index >= 15 is 0 Å². The molecular weight excluding hydrogens is 144 g/mol. The second-order valence-corrected chi connectivity index (χ2v) is 0.346. The van der Waals surface area contributed by atoms with Crippen LogP contribution in [0.4, 0.5) is 0 Å². The molecule has 0 aromatic rings. The van der Waals surface area contributed by atoms with E-state index in [1.807, 2.05) is 0 Å². The van der Waals surface area contributed by atoms with Gasteiger partial charge in [-0.15, -0.1) is 0 Å². The predicted octanol–water partition coefficient (Wildman–Crippen LogP) is -6.52. The molecule has 0 rings (SSSR count). The molecule has 8 heavy (non-hydrogen) atoms. The summed E-state index contributed by atoms with van der Waals surface area (Å²) in [4.78, 5) is 0. The van der Waals surface area contributed by atoms with Crippen molar-refractivity contribution in [2.24, 2.45) is 0 Å². The molecule has 0 radical (unpaired) electrons. The molecule has 4 nitrogen and oxygen atoms in total. The zero-order valence-electron chi connectivity index (χ0n) is 3.37. The Balaban J connectivity index is -0.00000000750. The van der Waals surface area contributed by atoms with Crippen LogP contribution in [0.3, 0.4) is 0 Å². The van der Waals surface area contributed by atoms with Crippen LogP contribution in [0.2, 0.25) is 0 Å². The summed E-state index contributed by atoms with van der Waals surface area (Å²) >= 11 is 0. The van der Waals surface area contributed by atoms with Crippen LogP contribution in [0.5, 0.6) is 0 Å². The summed E-state index contributed by atoms with van der Waals surface area (Å²) in [6.07, 6.45) is 0. The first-order valence-electron chi connectivity index (χ1n) is 0.775. The maximum Gasteiger partial charge on any atom is -0.870 e. The molecule has 0 fully saturated rings. The Morgan fingerprint density at radius 3 is 0.875 bits per heavy atom. The largest absolute Gasteiger partial charge is 0.870 e. The molecule has 0 saturated carbocycles. The molecule has 0 aliphatic rings. The fourth-order valence-electron chi connectivity index (χ4n) is 0. The molecule has 0 aliphatic heterocycles. The van der Waals surface area contributed by atoms with Crippen LogP contribution in [-0.2, 0) is 0 Å². The molecule has 0 atom stereocenters. The first-order valence-corrected chi connectivity index (χ1v) is 0.775. The monoisotopic (exact) mass is 150 g/mol. The molecular formula is H6BNa3O4. The Morgan fingerprint density at radius 1 is 0.875 bits per heavy atom. The topological polar surface area (TPSA) is 90.7 Å². The second kappa shape index (κ2) is 22.5. The summed E-state index contributed by atoms with van der Waals surface area (Å²) in [5.41, 5.74) is 0. The van der Waals surface area contributed by atoms with Crippen LogP contribution < -0.4 is 29.6 Å². The second-order valence-electron chi connectivity index (χ2n) is 0.346. The van der Waals surface area contributed by atoms with E-state index in [-0.39, 0.29) is 94.1 Å². The van der Waals surface area contributed by atoms with Crippen molar-refractivity contribution in [3.8, 4) is 0 Å². The molecule has 4 N–H and O–H groups in total. The van der Waals surface area contributed by atoms with Crippen LogP contribution in [0.25, 0.3) is 0 Å². The van der Waals surface area contributed by atoms with Gasteiger partial charge in [-0.25, -0.2) is 0 Å². The van der Waals surface area contributed by atoms with Crippen molar-refractivity contribution in [2.75, 3.05) is 0 Å². The van der Waals surface area contributed by atoms with Crippen molar-refractivity contribution in [3.05, 3.63) is 0 Å². The quantitative estimate of drug-likeness (QED) is 0.299. The van der Waals surface area contributed by atoms with E-state index in [1.165, 1.54) is 0 Å². The van der Waals surface area contributed by atoms with E-state index in [2.05, 4.69) is 0 Å². The van der Waals surface area contributed by atoms with Crippen molar-refractivity contribution >= 4 is 66.4 Å². The zero-order chi connectivity index (χ0) is 3.58. The molecule has 8 heteroatoms. The minimum Gasteiger partial charge on any atom is -0.870 e. The molecule has 0 amide bonds. The van der Waals surface area contributed by atoms with Gasteiger partial charge in [-0.2, -0.15) is 0 Å². The molecule has 36 valence electrons. The summed E-state index contributed by atoms with van der Waals surface area (Å²) in [5.74, 6) is 0. The van der Waals surface area contributed by atoms with Crippen LogP contribution in [0.15, 0.2) is 0 Å². The van der Waals surface area contributed by atoms with Crippen molar-refractivity contribution < 1.29 is 50.1 Å². The summed E-state index contributed by atoms with van der Waals surface area (Å²) in [6.45, 7) is 0. The Morgan fingerprint density at radius 2 is 0.875 bits per heavy atom. The standard InChI is InChI=1S/BH3O3.3Na.H2O.2H/c2-1(3)4;;;;;;/h2-4H;;;;1H2;;/q;;;+1;;;/p-1. The van der Waals surface area contributed by atoms with Crippen molar-refractivity contribution in [3.63, 3.8) is 0 Å². The average Bonchev–Trinajstić information content (AvgIpc) is 0.811. The van der Waals surface area contributed by atoms with Crippen molar-refractivity contribution in [1.82, 2.24) is 0 Å². The fourth-order valence-corrected chi connectivity index (χ4v) is 0. The average molecular weight is 150 g/mol. The zero-order valence-corrected chi connectivity index (χ0v) is 5.37. The van der Waals surface area contributed by atoms with Gasteiger partial charge in [0.05, 0.1) is 0 Å². The number of hydrogen-bond donors (Lipinski definition) is 3. The maximum absolute atomic E-state index is 7.17. The van der Waals surface area contributed by atoms with E-state index in [4.69, 9.17) is 15.1 Å². The molecule has 0 spiro atoms. The third kappa shape index (κ3) is 65.9. The fraction of sp³-hybridized carbons (Fsp3) is 0. The number of hydrogen-bond acceptors (Lipinski definition) is 4. The Kier molecular flexibility index (Phi) is 86.4. The summed E-state index contributed by atoms with van der Waals surface area (Å²) in [7, 11) is -2.17. The van der Waals surface area contributed by atoms with Crippen LogP contribution in [-0.4, -0.2) is 87.0 Å². The van der Waals surface area contributed by atoms with Gasteiger partial charge < -0.3 is 20.5 Å². The first-order chi connectivity index (χ1) is 1.73. The Labute approximate surface area is 114 Å². The first kappa shape index (κ1) is 30.7. The minimum atomic E-state index is -2.17. The van der Waals surface area contributed by atoms with E-state index in [1.54, 1.807) is 0 Å². The Hall–Kier alpha value is 2.90. The molecule has 0 unspecified atom stereocenters. The van der Waals surface area contributed by atoms with Gasteiger partial charge in [0.15, 0.2) is 0 Å². The smallest absolute Gasteiger partial charge is 0.870 e. The summed E-state index contributed by atoms with van der Waals surface area (Å²) < 4.78 is 0. The van der Waals surface area contributed by atoms with Gasteiger partial charge in [0.1, 0.15) is 0 Å². The van der Waals surface area contributed by atoms with Gasteiger partial charge in [-0.1, -0.05) is 0 Å². The van der Waals surface area contributed by atoms with Gasteiger partial charge in [-0.05, 0) is 0 Å². The summed E-state index contributed by atoms with van der Waals surface area (Å²) in [6, 6.07) is 0. The molecule has 0 aliphatic carbocycles. The van der Waals surface area contributed by atoms with Gasteiger partial charge >= 0.3 is 96.0 Å². The predicted molar refractivity (Wildman–Crippen MR) is 28.6 cm³/mol. The van der Waals surface area contributed by atoms with E-state index in [0.717, 1.165) is 0 Å². The van der Waals surface area contributed by atoms with Crippen LogP contribution in [0, 0.1) is 0 Å². The Bertz CT molecular complexity index is 16.0. The van der Waals surface area contributed by atoms with Gasteiger partial charge in [-0.3, -0.25) is 0 Å². The van der Waals surface area contributed by atoms with Crippen LogP contribution in [0.1, 0.15) is 0 Å². The molecule has 0 heterocycles. The molecule has 0 aromatic heterocycles. The van der Waals surface area contributed by atoms with Gasteiger partial charge in [0.2, 0.25) is 0 Å². The minimum absolute atomic E-state index is 0. The SMILES string of the molecule is OB(O)O.[Na+].[NaH].[NaH].[OH-]. The third-order valence-corrected chi connectivity index (χ3v) is 0. The van der Waals surface area contributed by atoms with Gasteiger partial charge in [0.25, 0.3) is 0 Å². The molecule has 0 aromatic carbocycles. The van der Waals surface area contributed by atoms with Crippen LogP contribution >= 0.6 is 0 Å². The van der Waals surface area contributed by atoms with E-state index < -0.39 is 7.32 Å².